The van der Waals surface area contributed by atoms with E-state index in [2.05, 4.69) is 21.9 Å². The van der Waals surface area contributed by atoms with Crippen LogP contribution in [-0.2, 0) is 14.8 Å². The van der Waals surface area contributed by atoms with E-state index in [1.54, 1.807) is 24.3 Å². The van der Waals surface area contributed by atoms with E-state index in [4.69, 9.17) is 14.6 Å². The van der Waals surface area contributed by atoms with Gasteiger partial charge in [0.15, 0.2) is 0 Å². The molecule has 2 fully saturated rings. The first kappa shape index (κ1) is 32.0. The largest absolute Gasteiger partial charge is 0.494 e. The number of alkyl halides is 3. The van der Waals surface area contributed by atoms with Crippen molar-refractivity contribution in [1.29, 1.82) is 0 Å². The third-order valence-electron chi connectivity index (χ3n) is 6.70. The summed E-state index contributed by atoms with van der Waals surface area (Å²) >= 11 is 0. The van der Waals surface area contributed by atoms with Gasteiger partial charge in [0.05, 0.1) is 17.1 Å². The Morgan fingerprint density at radius 2 is 1.63 bits per heavy atom. The van der Waals surface area contributed by atoms with E-state index in [1.807, 2.05) is 17.9 Å². The van der Waals surface area contributed by atoms with Crippen LogP contribution >= 0.6 is 0 Å². The highest BCUT2D eigenvalue weighted by Crippen LogP contribution is 2.29. The Hall–Kier alpha value is -3.52. The molecule has 10 nitrogen and oxygen atoms in total. The molecule has 0 unspecified atom stereocenters. The number of hydrogen-bond donors (Lipinski definition) is 3. The van der Waals surface area contributed by atoms with Crippen molar-refractivity contribution in [3.63, 3.8) is 0 Å². The monoisotopic (exact) mass is 600 g/mol. The quantitative estimate of drug-likeness (QED) is 0.438. The van der Waals surface area contributed by atoms with Crippen LogP contribution in [0.3, 0.4) is 0 Å². The van der Waals surface area contributed by atoms with Crippen LogP contribution in [0.5, 0.6) is 5.75 Å². The number of carboxylic acid groups (broad SMARTS) is 1. The van der Waals surface area contributed by atoms with E-state index >= 15 is 0 Å². The number of nitrogens with zero attached hydrogens (tertiary/aromatic N) is 2. The third-order valence-corrected chi connectivity index (χ3v) is 8.09. The number of likely N-dealkylation sites (tertiary alicyclic amines) is 1. The zero-order valence-electron chi connectivity index (χ0n) is 22.9. The summed E-state index contributed by atoms with van der Waals surface area (Å²) in [6, 6.07) is 11.6. The maximum Gasteiger partial charge on any atom is 0.490 e. The summed E-state index contributed by atoms with van der Waals surface area (Å²) in [4.78, 5) is 26.7. The van der Waals surface area contributed by atoms with Crippen molar-refractivity contribution in [1.82, 2.24) is 10.2 Å². The molecule has 2 aliphatic rings. The number of rotatable bonds is 7. The second-order valence-electron chi connectivity index (χ2n) is 9.76. The minimum Gasteiger partial charge on any atom is -0.494 e. The Labute approximate surface area is 237 Å². The number of amides is 1. The second-order valence-corrected chi connectivity index (χ2v) is 11.4. The molecule has 41 heavy (non-hydrogen) atoms. The maximum atomic E-state index is 13.5. The zero-order valence-corrected chi connectivity index (χ0v) is 23.7. The molecule has 0 spiro atoms. The van der Waals surface area contributed by atoms with E-state index in [-0.39, 0.29) is 10.8 Å². The van der Waals surface area contributed by atoms with Gasteiger partial charge < -0.3 is 25.0 Å². The number of carbonyl (C=O) groups excluding carboxylic acids is 1. The molecular weight excluding hydrogens is 565 g/mol. The van der Waals surface area contributed by atoms with Gasteiger partial charge in [-0.1, -0.05) is 6.92 Å². The highest BCUT2D eigenvalue weighted by atomic mass is 32.2. The Balaban J connectivity index is 0.000000587. The smallest absolute Gasteiger partial charge is 0.490 e. The number of ether oxygens (including phenoxy) is 1. The van der Waals surface area contributed by atoms with E-state index in [0.717, 1.165) is 57.8 Å². The number of nitrogens with one attached hydrogen (secondary N) is 2. The van der Waals surface area contributed by atoms with Gasteiger partial charge in [-0.15, -0.1) is 0 Å². The Morgan fingerprint density at radius 1 is 1.05 bits per heavy atom. The molecule has 2 aliphatic heterocycles. The van der Waals surface area contributed by atoms with Crippen molar-refractivity contribution in [2.24, 2.45) is 5.92 Å². The molecule has 14 heteroatoms. The molecule has 0 bridgehead atoms. The van der Waals surface area contributed by atoms with Gasteiger partial charge in [0, 0.05) is 50.6 Å². The average Bonchev–Trinajstić information content (AvgIpc) is 2.94. The maximum absolute atomic E-state index is 13.5. The lowest BCUT2D eigenvalue weighted by Gasteiger charge is -2.34. The molecule has 4 rings (SSSR count). The molecule has 0 saturated carbocycles. The first-order valence-electron chi connectivity index (χ1n) is 13.3. The minimum absolute atomic E-state index is 0.0393. The van der Waals surface area contributed by atoms with Crippen LogP contribution in [0.1, 0.15) is 37.0 Å². The Morgan fingerprint density at radius 3 is 2.17 bits per heavy atom. The first-order valence-corrected chi connectivity index (χ1v) is 14.7. The lowest BCUT2D eigenvalue weighted by atomic mass is 9.98. The topological polar surface area (TPSA) is 128 Å². The predicted octanol–water partition coefficient (Wildman–Crippen LogP) is 3.80. The molecule has 2 aromatic carbocycles. The fourth-order valence-corrected chi connectivity index (χ4v) is 5.48. The molecule has 0 atom stereocenters. The molecule has 2 aromatic rings. The van der Waals surface area contributed by atoms with Crippen LogP contribution < -0.4 is 19.7 Å². The van der Waals surface area contributed by atoms with Gasteiger partial charge in [0.25, 0.3) is 15.9 Å². The number of anilines is 2. The second kappa shape index (κ2) is 13.9. The van der Waals surface area contributed by atoms with Crippen LogP contribution in [0.2, 0.25) is 0 Å². The standard InChI is InChI=1S/C25H34N4O4S.C2HF3O2/c1-3-33-21-5-7-22(8-6-21)34(31,32)27-20-4-9-24(28-16-12-26-13-17-28)23(18-20)25(30)29-14-10-19(2)11-15-29;3-2(4,5)1(6)7/h4-9,18-19,26-27H,3,10-17H2,1-2H3;(H,6,7). The van der Waals surface area contributed by atoms with Crippen molar-refractivity contribution in [2.45, 2.75) is 37.8 Å². The lowest BCUT2D eigenvalue weighted by molar-refractivity contribution is -0.192. The van der Waals surface area contributed by atoms with Crippen molar-refractivity contribution < 1.29 is 41.0 Å². The molecule has 226 valence electrons. The number of piperidine rings is 1. The van der Waals surface area contributed by atoms with Crippen molar-refractivity contribution in [2.75, 3.05) is 55.5 Å². The molecule has 1 amide bonds. The number of hydrogen-bond acceptors (Lipinski definition) is 7. The fraction of sp³-hybridized carbons (Fsp3) is 0.481. The summed E-state index contributed by atoms with van der Waals surface area (Å²) in [6.07, 6.45) is -3.11. The van der Waals surface area contributed by atoms with Crippen molar-refractivity contribution >= 4 is 33.3 Å². The van der Waals surface area contributed by atoms with Crippen LogP contribution in [0, 0.1) is 5.92 Å². The van der Waals surface area contributed by atoms with Crippen molar-refractivity contribution in [3.05, 3.63) is 48.0 Å². The summed E-state index contributed by atoms with van der Waals surface area (Å²) < 4.78 is 65.8. The predicted molar refractivity (Wildman–Crippen MR) is 148 cm³/mol. The molecule has 0 aliphatic carbocycles. The Kier molecular flexibility index (Phi) is 10.8. The van der Waals surface area contributed by atoms with E-state index in [1.165, 1.54) is 12.1 Å². The van der Waals surface area contributed by atoms with Gasteiger partial charge >= 0.3 is 12.1 Å². The summed E-state index contributed by atoms with van der Waals surface area (Å²) in [6.45, 7) is 9.35. The number of halogens is 3. The average molecular weight is 601 g/mol. The van der Waals surface area contributed by atoms with Crippen molar-refractivity contribution in [3.8, 4) is 5.75 Å². The summed E-state index contributed by atoms with van der Waals surface area (Å²) in [5, 5.41) is 10.5. The fourth-order valence-electron chi connectivity index (χ4n) is 4.43. The SMILES string of the molecule is CCOc1ccc(S(=O)(=O)Nc2ccc(N3CCNCC3)c(C(=O)N3CCC(C)CC3)c2)cc1.O=C(O)C(F)(F)F. The molecular formula is C27H35F3N4O6S. The number of benzene rings is 2. The molecule has 2 heterocycles. The minimum atomic E-state index is -5.08. The molecule has 3 N–H and O–H groups in total. The lowest BCUT2D eigenvalue weighted by Crippen LogP contribution is -2.45. The number of carbonyl (C=O) groups is 2. The van der Waals surface area contributed by atoms with Gasteiger partial charge in [0.1, 0.15) is 5.75 Å². The Bertz CT molecular complexity index is 1290. The van der Waals surface area contributed by atoms with Gasteiger partial charge in [0.2, 0.25) is 0 Å². The van der Waals surface area contributed by atoms with Gasteiger partial charge in [-0.3, -0.25) is 9.52 Å². The number of aliphatic carboxylic acids is 1. The van der Waals surface area contributed by atoms with E-state index in [9.17, 15) is 26.4 Å². The highest BCUT2D eigenvalue weighted by Gasteiger charge is 2.38. The van der Waals surface area contributed by atoms with Crippen LogP contribution in [-0.4, -0.2) is 82.4 Å². The number of piperazine rings is 1. The molecule has 0 radical (unpaired) electrons. The number of sulfonamides is 1. The molecule has 0 aromatic heterocycles. The summed E-state index contributed by atoms with van der Waals surface area (Å²) in [7, 11) is -3.81. The van der Waals surface area contributed by atoms with Gasteiger partial charge in [-0.2, -0.15) is 13.2 Å². The summed E-state index contributed by atoms with van der Waals surface area (Å²) in [5.41, 5.74) is 1.78. The highest BCUT2D eigenvalue weighted by molar-refractivity contribution is 7.92. The zero-order chi connectivity index (χ0) is 30.2. The van der Waals surface area contributed by atoms with E-state index in [0.29, 0.717) is 29.5 Å². The van der Waals surface area contributed by atoms with Crippen LogP contribution in [0.25, 0.3) is 0 Å². The van der Waals surface area contributed by atoms with Crippen LogP contribution in [0.15, 0.2) is 47.4 Å². The summed E-state index contributed by atoms with van der Waals surface area (Å²) in [5.74, 6) is -1.57. The van der Waals surface area contributed by atoms with Crippen LogP contribution in [0.4, 0.5) is 24.5 Å². The van der Waals surface area contributed by atoms with Gasteiger partial charge in [-0.25, -0.2) is 13.2 Å². The van der Waals surface area contributed by atoms with Gasteiger partial charge in [-0.05, 0) is 68.1 Å². The number of carboxylic acids is 1. The normalized spacial score (nSPS) is 16.4. The molecule has 2 saturated heterocycles. The third kappa shape index (κ3) is 8.98. The first-order chi connectivity index (χ1) is 19.3. The van der Waals surface area contributed by atoms with E-state index < -0.39 is 22.2 Å².